The van der Waals surface area contributed by atoms with Gasteiger partial charge in [-0.15, -0.1) is 5.11 Å². The molecular weight excluding hydrogens is 304 g/mol. The van der Waals surface area contributed by atoms with Crippen molar-refractivity contribution in [2.24, 2.45) is 10.2 Å². The number of benzene rings is 2. The van der Waals surface area contributed by atoms with E-state index in [-0.39, 0.29) is 11.4 Å². The van der Waals surface area contributed by atoms with E-state index in [1.54, 1.807) is 42.5 Å². The van der Waals surface area contributed by atoms with Gasteiger partial charge < -0.3 is 9.52 Å². The molecule has 2 aromatic carbocycles. The first kappa shape index (κ1) is 14.3. The number of hydrogen-bond donors (Lipinski definition) is 1. The van der Waals surface area contributed by atoms with Crippen molar-refractivity contribution in [1.82, 2.24) is 0 Å². The first-order valence-corrected chi connectivity index (χ1v) is 6.86. The van der Waals surface area contributed by atoms with Crippen LogP contribution in [0, 0.1) is 6.92 Å². The maximum Gasteiger partial charge on any atom is 0.368 e. The normalized spacial score (nSPS) is 11.4. The Kier molecular flexibility index (Phi) is 3.65. The van der Waals surface area contributed by atoms with E-state index in [0.717, 1.165) is 5.56 Å². The molecule has 0 fully saturated rings. The quantitative estimate of drug-likeness (QED) is 0.541. The van der Waals surface area contributed by atoms with Crippen molar-refractivity contribution in [2.45, 2.75) is 6.92 Å². The zero-order valence-corrected chi connectivity index (χ0v) is 12.3. The highest BCUT2D eigenvalue weighted by Gasteiger charge is 2.13. The van der Waals surface area contributed by atoms with E-state index < -0.39 is 5.63 Å². The number of hydrogen-bond acceptors (Lipinski definition) is 5. The predicted molar refractivity (Wildman–Crippen MR) is 84.5 cm³/mol. The fraction of sp³-hybridized carbons (Fsp3) is 0.0625. The lowest BCUT2D eigenvalue weighted by molar-refractivity contribution is 0.469. The van der Waals surface area contributed by atoms with Crippen molar-refractivity contribution in [1.29, 1.82) is 0 Å². The van der Waals surface area contributed by atoms with Crippen LogP contribution in [0.3, 0.4) is 0 Å². The van der Waals surface area contributed by atoms with Crippen LogP contribution in [0.25, 0.3) is 11.0 Å². The zero-order valence-electron chi connectivity index (χ0n) is 11.6. The molecule has 1 aromatic heterocycles. The Balaban J connectivity index is 2.12. The van der Waals surface area contributed by atoms with Gasteiger partial charge in [-0.2, -0.15) is 5.11 Å². The molecule has 6 heteroatoms. The van der Waals surface area contributed by atoms with Gasteiger partial charge in [0.15, 0.2) is 5.75 Å². The minimum atomic E-state index is -0.750. The van der Waals surface area contributed by atoms with Crippen LogP contribution in [-0.2, 0) is 0 Å². The van der Waals surface area contributed by atoms with Crippen molar-refractivity contribution in [2.75, 3.05) is 0 Å². The van der Waals surface area contributed by atoms with Gasteiger partial charge in [0.25, 0.3) is 0 Å². The Hall–Kier alpha value is -2.66. The molecule has 0 saturated carbocycles. The van der Waals surface area contributed by atoms with Crippen molar-refractivity contribution >= 4 is 33.9 Å². The van der Waals surface area contributed by atoms with Crippen LogP contribution in [0.5, 0.6) is 5.75 Å². The van der Waals surface area contributed by atoms with Crippen LogP contribution in [-0.4, -0.2) is 5.11 Å². The summed E-state index contributed by atoms with van der Waals surface area (Å²) >= 11 is 5.85. The molecule has 110 valence electrons. The summed E-state index contributed by atoms with van der Waals surface area (Å²) in [6.45, 7) is 1.87. The lowest BCUT2D eigenvalue weighted by Gasteiger charge is -2.03. The van der Waals surface area contributed by atoms with E-state index in [1.807, 2.05) is 6.92 Å². The summed E-state index contributed by atoms with van der Waals surface area (Å²) in [5.74, 6) is -0.249. The van der Waals surface area contributed by atoms with E-state index in [9.17, 15) is 9.90 Å². The van der Waals surface area contributed by atoms with Crippen LogP contribution < -0.4 is 5.63 Å². The van der Waals surface area contributed by atoms with E-state index in [2.05, 4.69) is 10.2 Å². The Morgan fingerprint density at radius 2 is 1.95 bits per heavy atom. The lowest BCUT2D eigenvalue weighted by atomic mass is 10.1. The zero-order chi connectivity index (χ0) is 15.7. The van der Waals surface area contributed by atoms with Gasteiger partial charge in [0.2, 0.25) is 5.69 Å². The van der Waals surface area contributed by atoms with Crippen LogP contribution in [0.4, 0.5) is 11.4 Å². The largest absolute Gasteiger partial charge is 0.505 e. The molecule has 1 N–H and O–H groups in total. The van der Waals surface area contributed by atoms with Gasteiger partial charge in [-0.25, -0.2) is 4.79 Å². The first-order chi connectivity index (χ1) is 10.5. The highest BCUT2D eigenvalue weighted by atomic mass is 35.5. The second-order valence-corrected chi connectivity index (χ2v) is 5.20. The summed E-state index contributed by atoms with van der Waals surface area (Å²) in [6, 6.07) is 11.8. The highest BCUT2D eigenvalue weighted by molar-refractivity contribution is 6.30. The summed E-state index contributed by atoms with van der Waals surface area (Å²) < 4.78 is 5.15. The standard InChI is InChI=1S/C16H11ClN2O3/c1-9-5-6-13-12(7-9)15(20)14(16(21)22-13)19-18-11-4-2-3-10(17)8-11/h2-8,20H,1H3. The number of fused-ring (bicyclic) bond motifs is 1. The van der Waals surface area contributed by atoms with Crippen molar-refractivity contribution in [3.8, 4) is 5.75 Å². The number of aromatic hydroxyl groups is 1. The van der Waals surface area contributed by atoms with Crippen molar-refractivity contribution < 1.29 is 9.52 Å². The smallest absolute Gasteiger partial charge is 0.368 e. The number of rotatable bonds is 2. The summed E-state index contributed by atoms with van der Waals surface area (Å²) in [7, 11) is 0. The van der Waals surface area contributed by atoms with E-state index in [4.69, 9.17) is 16.0 Å². The molecule has 0 bridgehead atoms. The number of nitrogens with zero attached hydrogens (tertiary/aromatic N) is 2. The summed E-state index contributed by atoms with van der Waals surface area (Å²) in [5, 5.41) is 18.9. The molecule has 5 nitrogen and oxygen atoms in total. The van der Waals surface area contributed by atoms with Gasteiger partial charge in [-0.1, -0.05) is 29.3 Å². The third-order valence-electron chi connectivity index (χ3n) is 3.08. The molecule has 0 aliphatic heterocycles. The number of halogens is 1. The minimum absolute atomic E-state index is 0.238. The summed E-state index contributed by atoms with van der Waals surface area (Å²) in [4.78, 5) is 11.9. The average molecular weight is 315 g/mol. The molecule has 3 rings (SSSR count). The molecule has 0 unspecified atom stereocenters. The van der Waals surface area contributed by atoms with Gasteiger partial charge in [0, 0.05) is 5.02 Å². The first-order valence-electron chi connectivity index (χ1n) is 6.48. The molecule has 0 aliphatic rings. The Bertz CT molecular complexity index is 948. The Morgan fingerprint density at radius 3 is 2.73 bits per heavy atom. The molecule has 3 aromatic rings. The Labute approximate surface area is 130 Å². The van der Waals surface area contributed by atoms with Crippen molar-refractivity contribution in [3.05, 3.63) is 63.5 Å². The predicted octanol–water partition coefficient (Wildman–Crippen LogP) is 4.88. The number of aryl methyl sites for hydroxylation is 1. The molecule has 0 atom stereocenters. The van der Waals surface area contributed by atoms with Gasteiger partial charge in [0.1, 0.15) is 5.58 Å². The topological polar surface area (TPSA) is 75.2 Å². The molecule has 0 saturated heterocycles. The van der Waals surface area contributed by atoms with Gasteiger partial charge in [-0.3, -0.25) is 0 Å². The van der Waals surface area contributed by atoms with E-state index in [0.29, 0.717) is 21.7 Å². The fourth-order valence-corrected chi connectivity index (χ4v) is 2.21. The second kappa shape index (κ2) is 5.61. The molecule has 0 radical (unpaired) electrons. The van der Waals surface area contributed by atoms with Crippen LogP contribution in [0.2, 0.25) is 5.02 Å². The Morgan fingerprint density at radius 1 is 1.14 bits per heavy atom. The second-order valence-electron chi connectivity index (χ2n) is 4.77. The lowest BCUT2D eigenvalue weighted by Crippen LogP contribution is -1.98. The molecule has 0 aliphatic carbocycles. The van der Waals surface area contributed by atoms with E-state index in [1.165, 1.54) is 0 Å². The molecular formula is C16H11ClN2O3. The van der Waals surface area contributed by atoms with Crippen molar-refractivity contribution in [3.63, 3.8) is 0 Å². The molecule has 0 amide bonds. The van der Waals surface area contributed by atoms with Crippen LogP contribution >= 0.6 is 11.6 Å². The third-order valence-corrected chi connectivity index (χ3v) is 3.32. The maximum absolute atomic E-state index is 11.9. The van der Waals surface area contributed by atoms with Crippen LogP contribution in [0.1, 0.15) is 5.56 Å². The average Bonchev–Trinajstić information content (AvgIpc) is 2.48. The van der Waals surface area contributed by atoms with Gasteiger partial charge in [0.05, 0.1) is 11.1 Å². The summed E-state index contributed by atoms with van der Waals surface area (Å²) in [5.41, 5.74) is 0.706. The minimum Gasteiger partial charge on any atom is -0.505 e. The van der Waals surface area contributed by atoms with Crippen LogP contribution in [0.15, 0.2) is 61.9 Å². The maximum atomic E-state index is 11.9. The molecule has 0 spiro atoms. The van der Waals surface area contributed by atoms with Gasteiger partial charge in [-0.05, 0) is 37.3 Å². The van der Waals surface area contributed by atoms with Gasteiger partial charge >= 0.3 is 5.63 Å². The monoisotopic (exact) mass is 314 g/mol. The highest BCUT2D eigenvalue weighted by Crippen LogP contribution is 2.33. The molecule has 1 heterocycles. The fourth-order valence-electron chi connectivity index (χ4n) is 2.02. The third kappa shape index (κ3) is 2.71. The van der Waals surface area contributed by atoms with E-state index >= 15 is 0 Å². The molecule has 22 heavy (non-hydrogen) atoms. The number of azo groups is 1. The SMILES string of the molecule is Cc1ccc2oc(=O)c(N=Nc3cccc(Cl)c3)c(O)c2c1. The summed E-state index contributed by atoms with van der Waals surface area (Å²) in [6.07, 6.45) is 0.